The van der Waals surface area contributed by atoms with Gasteiger partial charge < -0.3 is 10.2 Å². The Morgan fingerprint density at radius 1 is 1.25 bits per heavy atom. The zero-order valence-corrected chi connectivity index (χ0v) is 12.9. The zero-order valence-electron chi connectivity index (χ0n) is 12.9. The number of amides is 2. The van der Waals surface area contributed by atoms with Crippen LogP contribution in [0.25, 0.3) is 0 Å². The maximum atomic E-state index is 12.3. The van der Waals surface area contributed by atoms with Crippen LogP contribution in [0.1, 0.15) is 46.5 Å². The fourth-order valence-electron chi connectivity index (χ4n) is 3.13. The summed E-state index contributed by atoms with van der Waals surface area (Å²) in [5.41, 5.74) is 0. The lowest BCUT2D eigenvalue weighted by molar-refractivity contribution is -0.141. The van der Waals surface area contributed by atoms with Gasteiger partial charge in [-0.2, -0.15) is 0 Å². The van der Waals surface area contributed by atoms with Crippen molar-refractivity contribution in [2.45, 2.75) is 64.6 Å². The molecule has 0 aromatic heterocycles. The number of nitrogens with one attached hydrogen (secondary N) is 1. The molecule has 2 heterocycles. The molecule has 1 N–H and O–H groups in total. The van der Waals surface area contributed by atoms with Crippen molar-refractivity contribution < 1.29 is 9.59 Å². The van der Waals surface area contributed by atoms with Gasteiger partial charge in [0.1, 0.15) is 0 Å². The first-order valence-corrected chi connectivity index (χ1v) is 7.91. The van der Waals surface area contributed by atoms with Crippen LogP contribution >= 0.6 is 0 Å². The highest BCUT2D eigenvalue weighted by molar-refractivity contribution is 6.05. The number of hydrogen-bond donors (Lipinski definition) is 1. The third-order valence-electron chi connectivity index (χ3n) is 4.69. The van der Waals surface area contributed by atoms with E-state index in [-0.39, 0.29) is 23.9 Å². The summed E-state index contributed by atoms with van der Waals surface area (Å²) in [5.74, 6) is -0.0462. The first-order chi connectivity index (χ1) is 9.56. The molecule has 2 rings (SSSR count). The molecule has 0 saturated carbocycles. The topological polar surface area (TPSA) is 52.7 Å². The van der Waals surface area contributed by atoms with Crippen LogP contribution in [0.5, 0.6) is 0 Å². The number of nitrogens with zero attached hydrogens (tertiary/aromatic N) is 2. The Kier molecular flexibility index (Phi) is 5.16. The normalized spacial score (nSPS) is 27.4. The minimum Gasteiger partial charge on any atom is -0.303 e. The molecule has 0 aromatic carbocycles. The summed E-state index contributed by atoms with van der Waals surface area (Å²) in [5, 5.41) is 3.41. The predicted octanol–water partition coefficient (Wildman–Crippen LogP) is 0.986. The van der Waals surface area contributed by atoms with Gasteiger partial charge in [0.25, 0.3) is 0 Å². The molecule has 2 aliphatic rings. The standard InChI is InChI=1S/C15H27N3O2/c1-4-11(3)18-14(19)10-13(15(18)20)16-12-6-8-17(5-2)9-7-12/h11-13,16H,4-10H2,1-3H3. The highest BCUT2D eigenvalue weighted by atomic mass is 16.2. The van der Waals surface area contributed by atoms with Gasteiger partial charge in [0.2, 0.25) is 11.8 Å². The number of carbonyl (C=O) groups is 2. The van der Waals surface area contributed by atoms with Crippen molar-refractivity contribution in [3.05, 3.63) is 0 Å². The van der Waals surface area contributed by atoms with Crippen molar-refractivity contribution in [3.63, 3.8) is 0 Å². The van der Waals surface area contributed by atoms with Crippen LogP contribution in [-0.2, 0) is 9.59 Å². The summed E-state index contributed by atoms with van der Waals surface area (Å²) in [4.78, 5) is 28.2. The van der Waals surface area contributed by atoms with Crippen LogP contribution in [0.3, 0.4) is 0 Å². The molecule has 2 amide bonds. The van der Waals surface area contributed by atoms with E-state index in [9.17, 15) is 9.59 Å². The van der Waals surface area contributed by atoms with Crippen molar-refractivity contribution in [3.8, 4) is 0 Å². The number of piperidine rings is 1. The van der Waals surface area contributed by atoms with E-state index in [2.05, 4.69) is 17.1 Å². The Balaban J connectivity index is 1.88. The number of imide groups is 1. The SMILES string of the molecule is CCC(C)N1C(=O)CC(NC2CCN(CC)CC2)C1=O. The molecule has 20 heavy (non-hydrogen) atoms. The lowest BCUT2D eigenvalue weighted by atomic mass is 10.0. The van der Waals surface area contributed by atoms with Gasteiger partial charge in [-0.05, 0) is 45.8 Å². The fraction of sp³-hybridized carbons (Fsp3) is 0.867. The van der Waals surface area contributed by atoms with Gasteiger partial charge >= 0.3 is 0 Å². The van der Waals surface area contributed by atoms with Crippen LogP contribution in [0, 0.1) is 0 Å². The second kappa shape index (κ2) is 6.68. The minimum atomic E-state index is -0.297. The van der Waals surface area contributed by atoms with Crippen molar-refractivity contribution in [2.75, 3.05) is 19.6 Å². The van der Waals surface area contributed by atoms with Crippen molar-refractivity contribution in [1.82, 2.24) is 15.1 Å². The average Bonchev–Trinajstić information content (AvgIpc) is 2.73. The van der Waals surface area contributed by atoms with Gasteiger partial charge in [0, 0.05) is 12.1 Å². The average molecular weight is 281 g/mol. The Bertz CT molecular complexity index is 364. The lowest BCUT2D eigenvalue weighted by Crippen LogP contribution is -2.49. The third kappa shape index (κ3) is 3.20. The van der Waals surface area contributed by atoms with E-state index in [1.54, 1.807) is 0 Å². The lowest BCUT2D eigenvalue weighted by Gasteiger charge is -2.32. The molecule has 2 atom stereocenters. The van der Waals surface area contributed by atoms with Gasteiger partial charge in [0.15, 0.2) is 0 Å². The number of hydrogen-bond acceptors (Lipinski definition) is 4. The number of rotatable bonds is 5. The van der Waals surface area contributed by atoms with Gasteiger partial charge in [-0.3, -0.25) is 14.5 Å². The van der Waals surface area contributed by atoms with Crippen molar-refractivity contribution >= 4 is 11.8 Å². The highest BCUT2D eigenvalue weighted by Crippen LogP contribution is 2.20. The van der Waals surface area contributed by atoms with E-state index in [1.807, 2.05) is 13.8 Å². The fourth-order valence-corrected chi connectivity index (χ4v) is 3.13. The molecule has 0 radical (unpaired) electrons. The van der Waals surface area contributed by atoms with Gasteiger partial charge in [0.05, 0.1) is 12.5 Å². The largest absolute Gasteiger partial charge is 0.303 e. The summed E-state index contributed by atoms with van der Waals surface area (Å²) in [7, 11) is 0. The Labute approximate surface area is 121 Å². The van der Waals surface area contributed by atoms with E-state index in [1.165, 1.54) is 4.90 Å². The maximum Gasteiger partial charge on any atom is 0.247 e. The summed E-state index contributed by atoms with van der Waals surface area (Å²) < 4.78 is 0. The molecule has 2 fully saturated rings. The smallest absolute Gasteiger partial charge is 0.247 e. The molecular formula is C15H27N3O2. The number of carbonyl (C=O) groups excluding carboxylic acids is 2. The molecule has 2 unspecified atom stereocenters. The van der Waals surface area contributed by atoms with Crippen LogP contribution in [0.15, 0.2) is 0 Å². The zero-order chi connectivity index (χ0) is 14.7. The van der Waals surface area contributed by atoms with Gasteiger partial charge in [-0.1, -0.05) is 13.8 Å². The van der Waals surface area contributed by atoms with Crippen molar-refractivity contribution in [2.24, 2.45) is 0 Å². The molecule has 2 saturated heterocycles. The summed E-state index contributed by atoms with van der Waals surface area (Å²) >= 11 is 0. The molecule has 0 aliphatic carbocycles. The molecule has 2 aliphatic heterocycles. The second-order valence-electron chi connectivity index (χ2n) is 5.99. The van der Waals surface area contributed by atoms with Gasteiger partial charge in [-0.25, -0.2) is 0 Å². The first-order valence-electron chi connectivity index (χ1n) is 7.91. The summed E-state index contributed by atoms with van der Waals surface area (Å²) in [6, 6.07) is 0.0925. The van der Waals surface area contributed by atoms with Crippen LogP contribution in [0.2, 0.25) is 0 Å². The van der Waals surface area contributed by atoms with E-state index < -0.39 is 0 Å². The van der Waals surface area contributed by atoms with E-state index in [4.69, 9.17) is 0 Å². The number of likely N-dealkylation sites (tertiary alicyclic amines) is 2. The second-order valence-corrected chi connectivity index (χ2v) is 5.99. The van der Waals surface area contributed by atoms with Crippen LogP contribution in [-0.4, -0.2) is 59.4 Å². The monoisotopic (exact) mass is 281 g/mol. The molecule has 0 bridgehead atoms. The molecule has 0 aromatic rings. The molecular weight excluding hydrogens is 254 g/mol. The third-order valence-corrected chi connectivity index (χ3v) is 4.69. The molecule has 5 nitrogen and oxygen atoms in total. The Morgan fingerprint density at radius 3 is 2.45 bits per heavy atom. The van der Waals surface area contributed by atoms with Crippen LogP contribution in [0.4, 0.5) is 0 Å². The van der Waals surface area contributed by atoms with Crippen molar-refractivity contribution in [1.29, 1.82) is 0 Å². The Morgan fingerprint density at radius 2 is 1.90 bits per heavy atom. The maximum absolute atomic E-state index is 12.3. The molecule has 114 valence electrons. The predicted molar refractivity (Wildman–Crippen MR) is 78.3 cm³/mol. The minimum absolute atomic E-state index is 0.0174. The molecule has 0 spiro atoms. The Hall–Kier alpha value is -0.940. The van der Waals surface area contributed by atoms with E-state index in [0.29, 0.717) is 12.5 Å². The summed E-state index contributed by atoms with van der Waals surface area (Å²) in [6.07, 6.45) is 3.28. The van der Waals surface area contributed by atoms with Crippen LogP contribution < -0.4 is 5.32 Å². The van der Waals surface area contributed by atoms with E-state index in [0.717, 1.165) is 38.9 Å². The summed E-state index contributed by atoms with van der Waals surface area (Å²) in [6.45, 7) is 9.38. The molecule has 5 heteroatoms. The van der Waals surface area contributed by atoms with Gasteiger partial charge in [-0.15, -0.1) is 0 Å². The van der Waals surface area contributed by atoms with E-state index >= 15 is 0 Å². The quantitative estimate of drug-likeness (QED) is 0.764. The first kappa shape index (κ1) is 15.4. The highest BCUT2D eigenvalue weighted by Gasteiger charge is 2.41.